The average Bonchev–Trinajstić information content (AvgIpc) is 2.52. The van der Waals surface area contributed by atoms with Crippen LogP contribution in [0.5, 0.6) is 5.88 Å². The summed E-state index contributed by atoms with van der Waals surface area (Å²) in [7, 11) is -3.45. The van der Waals surface area contributed by atoms with Crippen LogP contribution in [0, 0.1) is 0 Å². The number of benzene rings is 1. The van der Waals surface area contributed by atoms with Crippen molar-refractivity contribution in [2.45, 2.75) is 24.3 Å². The molecule has 23 heavy (non-hydrogen) atoms. The highest BCUT2D eigenvalue weighted by atomic mass is 35.5. The van der Waals surface area contributed by atoms with Crippen LogP contribution in [0.1, 0.15) is 12.5 Å². The van der Waals surface area contributed by atoms with Crippen LogP contribution in [-0.4, -0.2) is 36.9 Å². The highest BCUT2D eigenvalue weighted by molar-refractivity contribution is 7.89. The minimum Gasteiger partial charge on any atom is -0.472 e. The molecule has 2 aromatic rings. The molecule has 0 N–H and O–H groups in total. The van der Waals surface area contributed by atoms with Gasteiger partial charge in [0, 0.05) is 12.3 Å². The van der Waals surface area contributed by atoms with Crippen molar-refractivity contribution in [1.82, 2.24) is 9.29 Å². The zero-order valence-electron chi connectivity index (χ0n) is 12.6. The molecule has 0 radical (unpaired) electrons. The summed E-state index contributed by atoms with van der Waals surface area (Å²) in [6.07, 6.45) is 2.20. The molecular formula is C16H17ClN2O3S. The summed E-state index contributed by atoms with van der Waals surface area (Å²) in [6.45, 7) is 2.68. The predicted octanol–water partition coefficient (Wildman–Crippen LogP) is 2.75. The van der Waals surface area contributed by atoms with E-state index in [1.165, 1.54) is 10.5 Å². The molecule has 0 saturated carbocycles. The summed E-state index contributed by atoms with van der Waals surface area (Å²) >= 11 is 5.76. The van der Waals surface area contributed by atoms with Gasteiger partial charge in [0.1, 0.15) is 6.10 Å². The number of rotatable bonds is 5. The third-order valence-corrected chi connectivity index (χ3v) is 5.84. The van der Waals surface area contributed by atoms with Crippen LogP contribution in [0.25, 0.3) is 0 Å². The molecule has 0 spiro atoms. The maximum atomic E-state index is 12.5. The standard InChI is InChI=1S/C16H17ClN2O3S/c1-2-12-3-6-15(7-4-12)23(20,21)19-10-14(11-19)22-16-8-5-13(17)9-18-16/h3-9,14H,2,10-11H2,1H3. The third-order valence-electron chi connectivity index (χ3n) is 3.77. The van der Waals surface area contributed by atoms with Gasteiger partial charge >= 0.3 is 0 Å². The van der Waals surface area contributed by atoms with Gasteiger partial charge in [-0.25, -0.2) is 13.4 Å². The summed E-state index contributed by atoms with van der Waals surface area (Å²) in [4.78, 5) is 4.36. The van der Waals surface area contributed by atoms with E-state index in [1.807, 2.05) is 19.1 Å². The van der Waals surface area contributed by atoms with Crippen molar-refractivity contribution < 1.29 is 13.2 Å². The van der Waals surface area contributed by atoms with E-state index < -0.39 is 10.0 Å². The first kappa shape index (κ1) is 16.2. The lowest BCUT2D eigenvalue weighted by Gasteiger charge is -2.37. The Morgan fingerprint density at radius 1 is 1.22 bits per heavy atom. The number of aromatic nitrogens is 1. The minimum absolute atomic E-state index is 0.187. The molecule has 0 bridgehead atoms. The summed E-state index contributed by atoms with van der Waals surface area (Å²) in [6, 6.07) is 10.4. The number of ether oxygens (including phenoxy) is 1. The van der Waals surface area contributed by atoms with Crippen molar-refractivity contribution in [3.8, 4) is 5.88 Å². The van der Waals surface area contributed by atoms with E-state index in [2.05, 4.69) is 4.98 Å². The molecule has 0 amide bonds. The maximum Gasteiger partial charge on any atom is 0.243 e. The van der Waals surface area contributed by atoms with E-state index in [-0.39, 0.29) is 6.10 Å². The number of hydrogen-bond donors (Lipinski definition) is 0. The van der Waals surface area contributed by atoms with Crippen LogP contribution >= 0.6 is 11.6 Å². The molecule has 1 aliphatic heterocycles. The summed E-state index contributed by atoms with van der Waals surface area (Å²) in [5.41, 5.74) is 1.11. The Kier molecular flexibility index (Phi) is 4.57. The molecule has 7 heteroatoms. The van der Waals surface area contributed by atoms with Crippen molar-refractivity contribution in [2.75, 3.05) is 13.1 Å². The largest absolute Gasteiger partial charge is 0.472 e. The first-order valence-electron chi connectivity index (χ1n) is 7.36. The second-order valence-corrected chi connectivity index (χ2v) is 7.75. The van der Waals surface area contributed by atoms with Crippen molar-refractivity contribution in [1.29, 1.82) is 0 Å². The summed E-state index contributed by atoms with van der Waals surface area (Å²) in [5.74, 6) is 0.448. The fourth-order valence-corrected chi connectivity index (χ4v) is 3.94. The molecule has 1 aromatic carbocycles. The van der Waals surface area contributed by atoms with Gasteiger partial charge in [-0.15, -0.1) is 0 Å². The normalized spacial score (nSPS) is 16.1. The maximum absolute atomic E-state index is 12.5. The van der Waals surface area contributed by atoms with Crippen molar-refractivity contribution in [2.24, 2.45) is 0 Å². The van der Waals surface area contributed by atoms with E-state index in [9.17, 15) is 8.42 Å². The van der Waals surface area contributed by atoms with Crippen LogP contribution in [0.4, 0.5) is 0 Å². The topological polar surface area (TPSA) is 59.5 Å². The van der Waals surface area contributed by atoms with E-state index in [1.54, 1.807) is 24.3 Å². The van der Waals surface area contributed by atoms with Crippen molar-refractivity contribution in [3.05, 3.63) is 53.2 Å². The van der Waals surface area contributed by atoms with Gasteiger partial charge in [0.2, 0.25) is 15.9 Å². The Balaban J connectivity index is 1.62. The molecule has 0 atom stereocenters. The fraction of sp³-hybridized carbons (Fsp3) is 0.312. The van der Waals surface area contributed by atoms with E-state index in [4.69, 9.17) is 16.3 Å². The van der Waals surface area contributed by atoms with Crippen LogP contribution in [0.3, 0.4) is 0 Å². The molecule has 1 fully saturated rings. The smallest absolute Gasteiger partial charge is 0.243 e. The number of sulfonamides is 1. The van der Waals surface area contributed by atoms with Gasteiger partial charge < -0.3 is 4.74 Å². The zero-order valence-corrected chi connectivity index (χ0v) is 14.2. The van der Waals surface area contributed by atoms with Crippen LogP contribution < -0.4 is 4.74 Å². The fourth-order valence-electron chi connectivity index (χ4n) is 2.32. The zero-order chi connectivity index (χ0) is 16.4. The van der Waals surface area contributed by atoms with Gasteiger partial charge in [0.25, 0.3) is 0 Å². The van der Waals surface area contributed by atoms with Crippen LogP contribution in [0.15, 0.2) is 47.5 Å². The molecule has 1 aromatic heterocycles. The number of aryl methyl sites for hydroxylation is 1. The molecular weight excluding hydrogens is 336 g/mol. The Morgan fingerprint density at radius 3 is 2.48 bits per heavy atom. The van der Waals surface area contributed by atoms with E-state index in [0.29, 0.717) is 28.9 Å². The van der Waals surface area contributed by atoms with Crippen LogP contribution in [0.2, 0.25) is 5.02 Å². The lowest BCUT2D eigenvalue weighted by Crippen LogP contribution is -2.56. The number of nitrogens with zero attached hydrogens (tertiary/aromatic N) is 2. The summed E-state index contributed by atoms with van der Waals surface area (Å²) in [5, 5.41) is 0.533. The highest BCUT2D eigenvalue weighted by Gasteiger charge is 2.38. The monoisotopic (exact) mass is 352 g/mol. The molecule has 1 aliphatic rings. The molecule has 1 saturated heterocycles. The second-order valence-electron chi connectivity index (χ2n) is 5.37. The van der Waals surface area contributed by atoms with Gasteiger partial charge in [0.05, 0.1) is 23.0 Å². The lowest BCUT2D eigenvalue weighted by molar-refractivity contribution is 0.0721. The van der Waals surface area contributed by atoms with Crippen molar-refractivity contribution in [3.63, 3.8) is 0 Å². The van der Waals surface area contributed by atoms with Gasteiger partial charge in [-0.05, 0) is 30.2 Å². The highest BCUT2D eigenvalue weighted by Crippen LogP contribution is 2.24. The Morgan fingerprint density at radius 2 is 1.91 bits per heavy atom. The van der Waals surface area contributed by atoms with Crippen LogP contribution in [-0.2, 0) is 16.4 Å². The van der Waals surface area contributed by atoms with Gasteiger partial charge in [-0.3, -0.25) is 0 Å². The SMILES string of the molecule is CCc1ccc(S(=O)(=O)N2CC(Oc3ccc(Cl)cn3)C2)cc1. The molecule has 122 valence electrons. The van der Waals surface area contributed by atoms with Gasteiger partial charge in [-0.1, -0.05) is 30.7 Å². The Bertz CT molecular complexity index is 770. The number of hydrogen-bond acceptors (Lipinski definition) is 4. The quantitative estimate of drug-likeness (QED) is 0.830. The Labute approximate surface area is 140 Å². The second kappa shape index (κ2) is 6.47. The van der Waals surface area contributed by atoms with Gasteiger partial charge in [-0.2, -0.15) is 4.31 Å². The van der Waals surface area contributed by atoms with E-state index in [0.717, 1.165) is 12.0 Å². The molecule has 0 aliphatic carbocycles. The van der Waals surface area contributed by atoms with Crippen molar-refractivity contribution >= 4 is 21.6 Å². The minimum atomic E-state index is -3.45. The number of pyridine rings is 1. The first-order chi connectivity index (χ1) is 11.0. The predicted molar refractivity (Wildman–Crippen MR) is 88.2 cm³/mol. The lowest BCUT2D eigenvalue weighted by atomic mass is 10.2. The third kappa shape index (κ3) is 3.49. The number of halogens is 1. The summed E-state index contributed by atoms with van der Waals surface area (Å²) < 4.78 is 32.0. The first-order valence-corrected chi connectivity index (χ1v) is 9.18. The van der Waals surface area contributed by atoms with Gasteiger partial charge in [0.15, 0.2) is 0 Å². The van der Waals surface area contributed by atoms with E-state index >= 15 is 0 Å². The molecule has 5 nitrogen and oxygen atoms in total. The average molecular weight is 353 g/mol. The molecule has 3 rings (SSSR count). The Hall–Kier alpha value is -1.63. The molecule has 0 unspecified atom stereocenters. The molecule has 2 heterocycles.